The highest BCUT2D eigenvalue weighted by atomic mass is 32.2. The Morgan fingerprint density at radius 1 is 1.14 bits per heavy atom. The van der Waals surface area contributed by atoms with Crippen LogP contribution >= 0.6 is 11.3 Å². The van der Waals surface area contributed by atoms with Crippen molar-refractivity contribution in [3.05, 3.63) is 75.9 Å². The highest BCUT2D eigenvalue weighted by molar-refractivity contribution is 7.92. The van der Waals surface area contributed by atoms with Gasteiger partial charge in [0.25, 0.3) is 15.9 Å². The van der Waals surface area contributed by atoms with E-state index < -0.39 is 21.7 Å². The quantitative estimate of drug-likeness (QED) is 0.627. The number of benzene rings is 2. The average molecular weight is 429 g/mol. The topological polar surface area (TPSA) is 99.1 Å². The van der Waals surface area contributed by atoms with Gasteiger partial charge in [0.15, 0.2) is 0 Å². The van der Waals surface area contributed by atoms with Crippen molar-refractivity contribution in [2.75, 3.05) is 10.0 Å². The number of carbonyl (C=O) groups excluding carboxylic acids is 1. The molecule has 29 heavy (non-hydrogen) atoms. The summed E-state index contributed by atoms with van der Waals surface area (Å²) in [6.07, 6.45) is 0. The van der Waals surface area contributed by atoms with Crippen LogP contribution in [-0.2, 0) is 10.0 Å². The van der Waals surface area contributed by atoms with E-state index in [0.29, 0.717) is 10.6 Å². The van der Waals surface area contributed by atoms with E-state index >= 15 is 0 Å². The fraction of sp³-hybridized carbons (Fsp3) is 0.100. The summed E-state index contributed by atoms with van der Waals surface area (Å²) in [7, 11) is -3.93. The van der Waals surface area contributed by atoms with Gasteiger partial charge >= 0.3 is 0 Å². The van der Waals surface area contributed by atoms with E-state index in [1.165, 1.54) is 35.6 Å². The third-order valence-corrected chi connectivity index (χ3v) is 6.74. The second-order valence-electron chi connectivity index (χ2n) is 6.19. The minimum Gasteiger partial charge on any atom is -0.312 e. The van der Waals surface area contributed by atoms with Crippen LogP contribution in [0.2, 0.25) is 0 Å². The van der Waals surface area contributed by atoms with E-state index in [1.807, 2.05) is 13.8 Å². The van der Waals surface area contributed by atoms with Gasteiger partial charge in [-0.05, 0) is 61.9 Å². The zero-order chi connectivity index (χ0) is 21.2. The number of rotatable bonds is 5. The van der Waals surface area contributed by atoms with Crippen molar-refractivity contribution in [1.29, 1.82) is 5.26 Å². The first-order valence-electron chi connectivity index (χ1n) is 8.41. The summed E-state index contributed by atoms with van der Waals surface area (Å²) in [5.74, 6) is -1.01. The first-order chi connectivity index (χ1) is 13.7. The number of nitriles is 1. The van der Waals surface area contributed by atoms with E-state index in [2.05, 4.69) is 16.1 Å². The van der Waals surface area contributed by atoms with Gasteiger partial charge in [0.05, 0.1) is 10.5 Å². The molecule has 148 valence electrons. The number of hydrogen-bond acceptors (Lipinski definition) is 5. The molecule has 1 heterocycles. The van der Waals surface area contributed by atoms with Gasteiger partial charge in [-0.2, -0.15) is 5.26 Å². The van der Waals surface area contributed by atoms with Crippen LogP contribution in [0.4, 0.5) is 15.1 Å². The van der Waals surface area contributed by atoms with E-state index in [-0.39, 0.29) is 16.1 Å². The van der Waals surface area contributed by atoms with Gasteiger partial charge in [-0.25, -0.2) is 12.8 Å². The molecule has 6 nitrogen and oxygen atoms in total. The number of hydrogen-bond donors (Lipinski definition) is 2. The Bertz CT molecular complexity index is 1230. The molecule has 0 bridgehead atoms. The molecular formula is C20H16FN3O3S2. The smallest absolute Gasteiger partial charge is 0.261 e. The Labute approximate surface area is 171 Å². The summed E-state index contributed by atoms with van der Waals surface area (Å²) in [5, 5.41) is 12.5. The number of nitrogens with zero attached hydrogens (tertiary/aromatic N) is 1. The molecule has 0 unspecified atom stereocenters. The van der Waals surface area contributed by atoms with Crippen molar-refractivity contribution in [2.45, 2.75) is 18.7 Å². The monoisotopic (exact) mass is 429 g/mol. The lowest BCUT2D eigenvalue weighted by Gasteiger charge is -2.10. The Morgan fingerprint density at radius 3 is 2.48 bits per heavy atom. The first-order valence-corrected chi connectivity index (χ1v) is 10.7. The molecule has 1 aromatic heterocycles. The Hall–Kier alpha value is -3.22. The van der Waals surface area contributed by atoms with Crippen LogP contribution in [0, 0.1) is 31.0 Å². The Kier molecular flexibility index (Phi) is 5.68. The van der Waals surface area contributed by atoms with Crippen LogP contribution in [0.3, 0.4) is 0 Å². The Balaban J connectivity index is 1.82. The molecule has 0 aliphatic heterocycles. The second kappa shape index (κ2) is 8.03. The molecule has 0 atom stereocenters. The number of anilines is 2. The summed E-state index contributed by atoms with van der Waals surface area (Å²) in [5.41, 5.74) is 1.63. The fourth-order valence-corrected chi connectivity index (χ4v) is 4.63. The highest BCUT2D eigenvalue weighted by Crippen LogP contribution is 2.32. The fourth-order valence-electron chi connectivity index (χ4n) is 2.58. The maximum Gasteiger partial charge on any atom is 0.261 e. The molecule has 3 aromatic rings. The number of halogens is 1. The van der Waals surface area contributed by atoms with Gasteiger partial charge in [-0.1, -0.05) is 6.07 Å². The molecule has 9 heteroatoms. The minimum atomic E-state index is -3.93. The summed E-state index contributed by atoms with van der Waals surface area (Å²) in [6.45, 7) is 3.67. The van der Waals surface area contributed by atoms with E-state index in [0.717, 1.165) is 34.7 Å². The number of carbonyl (C=O) groups is 1. The van der Waals surface area contributed by atoms with E-state index in [9.17, 15) is 22.9 Å². The molecule has 0 radical (unpaired) electrons. The maximum atomic E-state index is 13.0. The zero-order valence-corrected chi connectivity index (χ0v) is 17.1. The van der Waals surface area contributed by atoms with Crippen LogP contribution in [0.15, 0.2) is 53.4 Å². The number of sulfonamides is 1. The van der Waals surface area contributed by atoms with Crippen LogP contribution < -0.4 is 10.0 Å². The molecule has 3 rings (SSSR count). The molecule has 0 fully saturated rings. The molecule has 0 saturated heterocycles. The second-order valence-corrected chi connectivity index (χ2v) is 9.10. The highest BCUT2D eigenvalue weighted by Gasteiger charge is 2.18. The predicted molar refractivity (Wildman–Crippen MR) is 110 cm³/mol. The van der Waals surface area contributed by atoms with Crippen molar-refractivity contribution in [2.24, 2.45) is 0 Å². The van der Waals surface area contributed by atoms with Gasteiger partial charge in [-0.15, -0.1) is 11.3 Å². The first kappa shape index (κ1) is 20.5. The lowest BCUT2D eigenvalue weighted by atomic mass is 10.1. The third-order valence-electron chi connectivity index (χ3n) is 4.23. The van der Waals surface area contributed by atoms with E-state index in [1.54, 1.807) is 0 Å². The van der Waals surface area contributed by atoms with Gasteiger partial charge < -0.3 is 5.32 Å². The molecule has 2 N–H and O–H groups in total. The van der Waals surface area contributed by atoms with Gasteiger partial charge in [0.1, 0.15) is 16.9 Å². The van der Waals surface area contributed by atoms with Crippen molar-refractivity contribution in [3.63, 3.8) is 0 Å². The van der Waals surface area contributed by atoms with Crippen molar-refractivity contribution in [3.8, 4) is 6.07 Å². The van der Waals surface area contributed by atoms with Gasteiger partial charge in [0.2, 0.25) is 0 Å². The van der Waals surface area contributed by atoms with E-state index in [4.69, 9.17) is 0 Å². The summed E-state index contributed by atoms with van der Waals surface area (Å²) in [6, 6.07) is 12.4. The predicted octanol–water partition coefficient (Wildman–Crippen LogP) is 4.43. The lowest BCUT2D eigenvalue weighted by Crippen LogP contribution is -2.15. The van der Waals surface area contributed by atoms with Crippen LogP contribution in [0.25, 0.3) is 0 Å². The number of aryl methyl sites for hydroxylation is 1. The molecular weight excluding hydrogens is 413 g/mol. The maximum absolute atomic E-state index is 13.0. The van der Waals surface area contributed by atoms with Crippen molar-refractivity contribution >= 4 is 38.0 Å². The van der Waals surface area contributed by atoms with Gasteiger partial charge in [0, 0.05) is 16.1 Å². The molecule has 2 aromatic carbocycles. The lowest BCUT2D eigenvalue weighted by molar-refractivity contribution is 0.102. The number of nitrogens with one attached hydrogen (secondary N) is 2. The number of amides is 1. The van der Waals surface area contributed by atoms with Crippen molar-refractivity contribution < 1.29 is 17.6 Å². The standard InChI is InChI=1S/C20H16FN3O3S2/c1-12-13(2)28-20(18(12)11-22)23-19(25)14-4-3-5-16(10-14)24-29(26,27)17-8-6-15(21)7-9-17/h3-10,24H,1-2H3,(H,23,25). The van der Waals surface area contributed by atoms with Crippen LogP contribution in [0.5, 0.6) is 0 Å². The van der Waals surface area contributed by atoms with Crippen molar-refractivity contribution in [1.82, 2.24) is 0 Å². The molecule has 0 aliphatic rings. The Morgan fingerprint density at radius 2 is 1.83 bits per heavy atom. The largest absolute Gasteiger partial charge is 0.312 e. The summed E-state index contributed by atoms with van der Waals surface area (Å²) < 4.78 is 40.3. The zero-order valence-electron chi connectivity index (χ0n) is 15.5. The summed E-state index contributed by atoms with van der Waals surface area (Å²) in [4.78, 5) is 13.4. The average Bonchev–Trinajstić information content (AvgIpc) is 2.94. The summed E-state index contributed by atoms with van der Waals surface area (Å²) >= 11 is 1.30. The molecule has 0 spiro atoms. The SMILES string of the molecule is Cc1sc(NC(=O)c2cccc(NS(=O)(=O)c3ccc(F)cc3)c2)c(C#N)c1C. The number of thiophene rings is 1. The molecule has 1 amide bonds. The van der Waals surface area contributed by atoms with Crippen LogP contribution in [0.1, 0.15) is 26.4 Å². The third kappa shape index (κ3) is 4.45. The van der Waals surface area contributed by atoms with Gasteiger partial charge in [-0.3, -0.25) is 9.52 Å². The molecule has 0 aliphatic carbocycles. The minimum absolute atomic E-state index is 0.100. The normalized spacial score (nSPS) is 11.0. The van der Waals surface area contributed by atoms with Crippen LogP contribution in [-0.4, -0.2) is 14.3 Å². The molecule has 0 saturated carbocycles.